The number of thiocarbonyl (C=S) groups is 1. The summed E-state index contributed by atoms with van der Waals surface area (Å²) < 4.78 is 5.93. The topological polar surface area (TPSA) is 75.9 Å². The van der Waals surface area contributed by atoms with Crippen molar-refractivity contribution < 1.29 is 14.5 Å². The summed E-state index contributed by atoms with van der Waals surface area (Å²) in [6, 6.07) is 5.31. The first-order chi connectivity index (χ1) is 14.0. The second-order valence-corrected chi connectivity index (χ2v) is 9.12. The van der Waals surface area contributed by atoms with Crippen molar-refractivity contribution in [1.82, 2.24) is 4.90 Å². The van der Waals surface area contributed by atoms with Crippen LogP contribution in [0.3, 0.4) is 0 Å². The highest BCUT2D eigenvalue weighted by atomic mass is 32.2. The minimum Gasteiger partial charge on any atom is -0.378 e. The zero-order valence-corrected chi connectivity index (χ0v) is 17.7. The molecule has 2 aliphatic heterocycles. The molecule has 0 atom stereocenters. The lowest BCUT2D eigenvalue weighted by Crippen LogP contribution is -2.39. The highest BCUT2D eigenvalue weighted by molar-refractivity contribution is 8.26. The predicted octanol–water partition coefficient (Wildman–Crippen LogP) is 3.97. The van der Waals surface area contributed by atoms with E-state index in [1.165, 1.54) is 24.2 Å². The van der Waals surface area contributed by atoms with E-state index < -0.39 is 0 Å². The van der Waals surface area contributed by atoms with Crippen LogP contribution in [-0.2, 0) is 9.53 Å². The number of nitro groups is 1. The summed E-state index contributed by atoms with van der Waals surface area (Å²) in [5.41, 5.74) is 1.27. The first-order valence-corrected chi connectivity index (χ1v) is 11.2. The number of hydrogen-bond donors (Lipinski definition) is 0. The third-order valence-corrected chi connectivity index (χ3v) is 6.94. The first-order valence-electron chi connectivity index (χ1n) is 9.93. The number of nitro benzene ring substituents is 1. The Balaban J connectivity index is 1.59. The Bertz CT molecular complexity index is 861. The van der Waals surface area contributed by atoms with Crippen LogP contribution in [0.2, 0.25) is 0 Å². The molecular formula is C20H23N3O4S2. The third-order valence-electron chi connectivity index (χ3n) is 5.61. The summed E-state index contributed by atoms with van der Waals surface area (Å²) in [7, 11) is 0. The molecular weight excluding hydrogens is 410 g/mol. The van der Waals surface area contributed by atoms with Gasteiger partial charge in [0.15, 0.2) is 0 Å². The normalized spacial score (nSPS) is 22.6. The van der Waals surface area contributed by atoms with Crippen LogP contribution in [0.1, 0.15) is 37.7 Å². The number of carbonyl (C=O) groups is 1. The van der Waals surface area contributed by atoms with Gasteiger partial charge in [0, 0.05) is 25.2 Å². The largest absolute Gasteiger partial charge is 0.378 e. The molecule has 154 valence electrons. The van der Waals surface area contributed by atoms with Crippen molar-refractivity contribution in [3.63, 3.8) is 0 Å². The number of carbonyl (C=O) groups excluding carboxylic acids is 1. The smallest absolute Gasteiger partial charge is 0.293 e. The van der Waals surface area contributed by atoms with Gasteiger partial charge in [-0.2, -0.15) is 0 Å². The van der Waals surface area contributed by atoms with Gasteiger partial charge in [0.05, 0.1) is 23.0 Å². The molecule has 2 heterocycles. The molecule has 1 aliphatic carbocycles. The van der Waals surface area contributed by atoms with Gasteiger partial charge >= 0.3 is 0 Å². The lowest BCUT2D eigenvalue weighted by Gasteiger charge is -2.29. The number of rotatable bonds is 4. The van der Waals surface area contributed by atoms with Crippen molar-refractivity contribution in [3.8, 4) is 0 Å². The number of morpholine rings is 1. The van der Waals surface area contributed by atoms with Crippen molar-refractivity contribution >= 4 is 51.7 Å². The number of hydrogen-bond acceptors (Lipinski definition) is 7. The molecule has 3 aliphatic rings. The highest BCUT2D eigenvalue weighted by Gasteiger charge is 2.37. The van der Waals surface area contributed by atoms with E-state index in [9.17, 15) is 14.9 Å². The maximum absolute atomic E-state index is 12.9. The molecule has 29 heavy (non-hydrogen) atoms. The lowest BCUT2D eigenvalue weighted by molar-refractivity contribution is -0.384. The molecule has 0 radical (unpaired) electrons. The number of amides is 1. The molecule has 7 nitrogen and oxygen atoms in total. The van der Waals surface area contributed by atoms with E-state index in [0.717, 1.165) is 25.7 Å². The monoisotopic (exact) mass is 433 g/mol. The average Bonchev–Trinajstić information content (AvgIpc) is 3.02. The van der Waals surface area contributed by atoms with Crippen LogP contribution in [0.5, 0.6) is 0 Å². The fourth-order valence-electron chi connectivity index (χ4n) is 4.13. The van der Waals surface area contributed by atoms with Crippen molar-refractivity contribution in [2.75, 3.05) is 31.2 Å². The maximum atomic E-state index is 12.9. The number of anilines is 1. The van der Waals surface area contributed by atoms with E-state index >= 15 is 0 Å². The second kappa shape index (κ2) is 8.81. The number of benzene rings is 1. The Labute approximate surface area is 179 Å². The molecule has 0 N–H and O–H groups in total. The van der Waals surface area contributed by atoms with Gasteiger partial charge in [-0.25, -0.2) is 0 Å². The van der Waals surface area contributed by atoms with Crippen LogP contribution >= 0.6 is 24.0 Å². The van der Waals surface area contributed by atoms with E-state index in [-0.39, 0.29) is 22.6 Å². The van der Waals surface area contributed by atoms with Crippen LogP contribution in [0.4, 0.5) is 11.4 Å². The number of nitrogens with zero attached hydrogens (tertiary/aromatic N) is 3. The Morgan fingerprint density at radius 1 is 1.21 bits per heavy atom. The zero-order valence-electron chi connectivity index (χ0n) is 16.0. The van der Waals surface area contributed by atoms with Crippen molar-refractivity contribution in [1.29, 1.82) is 0 Å². The molecule has 3 fully saturated rings. The summed E-state index contributed by atoms with van der Waals surface area (Å²) in [5, 5.41) is 11.7. The van der Waals surface area contributed by atoms with Crippen LogP contribution in [-0.4, -0.2) is 52.4 Å². The number of ether oxygens (including phenoxy) is 1. The SMILES string of the molecule is O=C1/C(=C\c2ccc(N3CCOCC3)c([N+](=O)[O-])c2)SC(=S)N1C1CCCCC1. The highest BCUT2D eigenvalue weighted by Crippen LogP contribution is 2.38. The molecule has 2 saturated heterocycles. The van der Waals surface area contributed by atoms with Crippen LogP contribution in [0.25, 0.3) is 6.08 Å². The van der Waals surface area contributed by atoms with Crippen molar-refractivity contribution in [2.45, 2.75) is 38.1 Å². The van der Waals surface area contributed by atoms with E-state index in [0.29, 0.717) is 46.8 Å². The van der Waals surface area contributed by atoms with Gasteiger partial charge in [0.25, 0.3) is 11.6 Å². The standard InChI is InChI=1S/C20H23N3O4S2/c24-19-18(29-20(28)22(19)15-4-2-1-3-5-15)13-14-6-7-16(17(12-14)23(25)26)21-8-10-27-11-9-21/h6-7,12-13,15H,1-5,8-11H2/b18-13+. The van der Waals surface area contributed by atoms with E-state index in [4.69, 9.17) is 17.0 Å². The molecule has 1 amide bonds. The van der Waals surface area contributed by atoms with Crippen LogP contribution in [0, 0.1) is 10.1 Å². The Morgan fingerprint density at radius 2 is 1.93 bits per heavy atom. The van der Waals surface area contributed by atoms with E-state index in [2.05, 4.69) is 0 Å². The molecule has 0 spiro atoms. The molecule has 1 aromatic rings. The van der Waals surface area contributed by atoms with Crippen molar-refractivity contribution in [3.05, 3.63) is 38.8 Å². The zero-order chi connectivity index (χ0) is 20.4. The molecule has 1 aromatic carbocycles. The van der Waals surface area contributed by atoms with E-state index in [1.807, 2.05) is 11.0 Å². The van der Waals surface area contributed by atoms with Gasteiger partial charge < -0.3 is 9.64 Å². The van der Waals surface area contributed by atoms with Gasteiger partial charge in [-0.1, -0.05) is 49.3 Å². The van der Waals surface area contributed by atoms with Crippen molar-refractivity contribution in [2.24, 2.45) is 0 Å². The predicted molar refractivity (Wildman–Crippen MR) is 118 cm³/mol. The van der Waals surface area contributed by atoms with Crippen LogP contribution in [0.15, 0.2) is 23.1 Å². The fourth-order valence-corrected chi connectivity index (χ4v) is 5.53. The molecule has 0 aromatic heterocycles. The molecule has 9 heteroatoms. The fraction of sp³-hybridized carbons (Fsp3) is 0.500. The molecule has 0 bridgehead atoms. The summed E-state index contributed by atoms with van der Waals surface area (Å²) in [5.74, 6) is -0.0770. The van der Waals surface area contributed by atoms with Gasteiger partial charge in [-0.05, 0) is 30.5 Å². The summed E-state index contributed by atoms with van der Waals surface area (Å²) in [6.45, 7) is 2.37. The Kier molecular flexibility index (Phi) is 6.17. The van der Waals surface area contributed by atoms with Crippen LogP contribution < -0.4 is 4.90 Å². The first kappa shape index (κ1) is 20.3. The molecule has 4 rings (SSSR count). The Hall–Kier alpha value is -1.97. The Morgan fingerprint density at radius 3 is 2.62 bits per heavy atom. The second-order valence-electron chi connectivity index (χ2n) is 7.45. The summed E-state index contributed by atoms with van der Waals surface area (Å²) in [4.78, 5) is 28.5. The number of thioether (sulfide) groups is 1. The van der Waals surface area contributed by atoms with Gasteiger partial charge in [-0.3, -0.25) is 19.8 Å². The minimum atomic E-state index is -0.366. The van der Waals surface area contributed by atoms with Gasteiger partial charge in [-0.15, -0.1) is 0 Å². The summed E-state index contributed by atoms with van der Waals surface area (Å²) >= 11 is 6.75. The molecule has 0 unspecified atom stereocenters. The van der Waals surface area contributed by atoms with E-state index in [1.54, 1.807) is 17.0 Å². The van der Waals surface area contributed by atoms with Gasteiger partial charge in [0.1, 0.15) is 10.0 Å². The lowest BCUT2D eigenvalue weighted by atomic mass is 9.94. The minimum absolute atomic E-state index is 0.0448. The maximum Gasteiger partial charge on any atom is 0.293 e. The summed E-state index contributed by atoms with van der Waals surface area (Å²) in [6.07, 6.45) is 7.14. The van der Waals surface area contributed by atoms with Gasteiger partial charge in [0.2, 0.25) is 0 Å². The quantitative estimate of drug-likeness (QED) is 0.308. The third kappa shape index (κ3) is 4.31. The average molecular weight is 434 g/mol. The molecule has 1 saturated carbocycles.